The number of phenolic OH excluding ortho intramolecular Hbond substituents is 1. The normalized spacial score (nSPS) is 19.6. The third-order valence-electron chi connectivity index (χ3n) is 3.82. The molecule has 1 aliphatic rings. The number of rotatable bonds is 3. The molecule has 0 radical (unpaired) electrons. The number of hydrogen-bond donors (Lipinski definition) is 3. The fourth-order valence-electron chi connectivity index (χ4n) is 2.60. The lowest BCUT2D eigenvalue weighted by molar-refractivity contribution is 0.0936. The van der Waals surface area contributed by atoms with Gasteiger partial charge in [0.05, 0.1) is 17.2 Å². The molecule has 0 unspecified atom stereocenters. The lowest BCUT2D eigenvalue weighted by atomic mass is 10.1. The van der Waals surface area contributed by atoms with E-state index in [2.05, 4.69) is 15.5 Å². The smallest absolute Gasteiger partial charge is 0.269 e. The average molecular weight is 335 g/mol. The number of aryl methyl sites for hydroxylation is 1. The largest absolute Gasteiger partial charge is 0.507 e. The fraction of sp³-hybridized carbons (Fsp3) is 0.333. The number of aromatic amines is 1. The maximum Gasteiger partial charge on any atom is 0.269 e. The Morgan fingerprint density at radius 2 is 2.17 bits per heavy atom. The predicted octanol–water partition coefficient (Wildman–Crippen LogP) is 1.01. The predicted molar refractivity (Wildman–Crippen MR) is 85.0 cm³/mol. The molecule has 0 bridgehead atoms. The van der Waals surface area contributed by atoms with E-state index in [0.717, 1.165) is 5.56 Å². The quantitative estimate of drug-likeness (QED) is 0.775. The Labute approximate surface area is 133 Å². The van der Waals surface area contributed by atoms with Crippen LogP contribution in [0.5, 0.6) is 5.75 Å². The minimum atomic E-state index is -3.05. The second-order valence-electron chi connectivity index (χ2n) is 5.76. The van der Waals surface area contributed by atoms with Crippen LogP contribution in [0.2, 0.25) is 0 Å². The van der Waals surface area contributed by atoms with Crippen LogP contribution < -0.4 is 5.32 Å². The zero-order valence-electron chi connectivity index (χ0n) is 12.5. The van der Waals surface area contributed by atoms with Gasteiger partial charge in [-0.1, -0.05) is 11.6 Å². The number of sulfone groups is 1. The van der Waals surface area contributed by atoms with Crippen LogP contribution in [0.3, 0.4) is 0 Å². The molecule has 23 heavy (non-hydrogen) atoms. The van der Waals surface area contributed by atoms with Gasteiger partial charge in [0.15, 0.2) is 9.84 Å². The third-order valence-corrected chi connectivity index (χ3v) is 5.59. The molecular weight excluding hydrogens is 318 g/mol. The molecule has 7 nitrogen and oxygen atoms in total. The average Bonchev–Trinajstić information content (AvgIpc) is 3.08. The lowest BCUT2D eigenvalue weighted by Crippen LogP contribution is -2.35. The van der Waals surface area contributed by atoms with Gasteiger partial charge < -0.3 is 10.4 Å². The molecule has 0 saturated carbocycles. The summed E-state index contributed by atoms with van der Waals surface area (Å²) in [7, 11) is -3.05. The maximum atomic E-state index is 12.2. The number of aromatic hydroxyl groups is 1. The summed E-state index contributed by atoms with van der Waals surface area (Å²) < 4.78 is 22.8. The van der Waals surface area contributed by atoms with Crippen LogP contribution >= 0.6 is 0 Å². The number of H-pyrrole nitrogens is 1. The van der Waals surface area contributed by atoms with Gasteiger partial charge in [0.2, 0.25) is 0 Å². The van der Waals surface area contributed by atoms with Crippen LogP contribution in [-0.2, 0) is 9.84 Å². The minimum Gasteiger partial charge on any atom is -0.507 e. The van der Waals surface area contributed by atoms with Gasteiger partial charge in [0.1, 0.15) is 11.4 Å². The van der Waals surface area contributed by atoms with Gasteiger partial charge >= 0.3 is 0 Å². The molecule has 122 valence electrons. The molecule has 2 aromatic rings. The topological polar surface area (TPSA) is 112 Å². The molecule has 1 aromatic heterocycles. The molecular formula is C15H17N3O4S. The molecule has 2 heterocycles. The van der Waals surface area contributed by atoms with E-state index in [0.29, 0.717) is 17.7 Å². The monoisotopic (exact) mass is 335 g/mol. The Morgan fingerprint density at radius 1 is 1.39 bits per heavy atom. The zero-order chi connectivity index (χ0) is 16.6. The molecule has 1 amide bonds. The standard InChI is InChI=1S/C15H17N3O4S/c1-9-2-3-14(19)11(6-9)12-7-13(18-17-12)15(20)16-10-4-5-23(21,22)8-10/h2-3,6-7,10,19H,4-5,8H2,1H3,(H,16,20)(H,17,18)/t10-/m1/s1. The molecule has 1 aromatic carbocycles. The van der Waals surface area contributed by atoms with Crippen LogP contribution in [0.15, 0.2) is 24.3 Å². The summed E-state index contributed by atoms with van der Waals surface area (Å²) in [6, 6.07) is 6.29. The summed E-state index contributed by atoms with van der Waals surface area (Å²) in [4.78, 5) is 12.2. The number of amides is 1. The first kappa shape index (κ1) is 15.5. The Hall–Kier alpha value is -2.35. The molecule has 1 fully saturated rings. The van der Waals surface area contributed by atoms with E-state index >= 15 is 0 Å². The van der Waals surface area contributed by atoms with Crippen molar-refractivity contribution in [2.24, 2.45) is 0 Å². The third kappa shape index (κ3) is 3.37. The van der Waals surface area contributed by atoms with Gasteiger partial charge in [-0.15, -0.1) is 0 Å². The van der Waals surface area contributed by atoms with E-state index in [1.165, 1.54) is 6.07 Å². The number of nitrogens with one attached hydrogen (secondary N) is 2. The lowest BCUT2D eigenvalue weighted by Gasteiger charge is -2.08. The van der Waals surface area contributed by atoms with E-state index in [4.69, 9.17) is 0 Å². The molecule has 8 heteroatoms. The van der Waals surface area contributed by atoms with Crippen LogP contribution in [-0.4, -0.2) is 47.2 Å². The SMILES string of the molecule is Cc1ccc(O)c(-c2cc(C(=O)N[C@@H]3CCS(=O)(=O)C3)[nH]n2)c1. The van der Waals surface area contributed by atoms with Crippen molar-refractivity contribution in [3.8, 4) is 17.0 Å². The van der Waals surface area contributed by atoms with E-state index in [9.17, 15) is 18.3 Å². The Kier molecular flexibility index (Phi) is 3.85. The van der Waals surface area contributed by atoms with Crippen molar-refractivity contribution in [3.05, 3.63) is 35.5 Å². The molecule has 1 saturated heterocycles. The van der Waals surface area contributed by atoms with Gasteiger partial charge in [-0.05, 0) is 31.5 Å². The first-order chi connectivity index (χ1) is 10.8. The number of carbonyl (C=O) groups excluding carboxylic acids is 1. The fourth-order valence-corrected chi connectivity index (χ4v) is 4.28. The van der Waals surface area contributed by atoms with E-state index in [1.54, 1.807) is 18.2 Å². The van der Waals surface area contributed by atoms with Gasteiger partial charge in [-0.25, -0.2) is 8.42 Å². The first-order valence-electron chi connectivity index (χ1n) is 7.21. The summed E-state index contributed by atoms with van der Waals surface area (Å²) >= 11 is 0. The maximum absolute atomic E-state index is 12.2. The summed E-state index contributed by atoms with van der Waals surface area (Å²) in [6.07, 6.45) is 0.424. The van der Waals surface area contributed by atoms with Crippen molar-refractivity contribution in [1.29, 1.82) is 0 Å². The van der Waals surface area contributed by atoms with Crippen LogP contribution in [0, 0.1) is 6.92 Å². The highest BCUT2D eigenvalue weighted by molar-refractivity contribution is 7.91. The molecule has 0 spiro atoms. The van der Waals surface area contributed by atoms with E-state index in [-0.39, 0.29) is 29.0 Å². The van der Waals surface area contributed by atoms with Crippen molar-refractivity contribution >= 4 is 15.7 Å². The Balaban J connectivity index is 1.76. The number of benzene rings is 1. The van der Waals surface area contributed by atoms with Gasteiger partial charge in [0, 0.05) is 11.6 Å². The van der Waals surface area contributed by atoms with Gasteiger partial charge in [-0.2, -0.15) is 5.10 Å². The Morgan fingerprint density at radius 3 is 2.87 bits per heavy atom. The van der Waals surface area contributed by atoms with Crippen molar-refractivity contribution in [3.63, 3.8) is 0 Å². The second-order valence-corrected chi connectivity index (χ2v) is 7.99. The number of carbonyl (C=O) groups is 1. The molecule has 3 N–H and O–H groups in total. The summed E-state index contributed by atoms with van der Waals surface area (Å²) in [5.41, 5.74) is 2.17. The summed E-state index contributed by atoms with van der Waals surface area (Å²) in [6.45, 7) is 1.89. The minimum absolute atomic E-state index is 0.0294. The second kappa shape index (κ2) is 5.69. The molecule has 3 rings (SSSR count). The van der Waals surface area contributed by atoms with Crippen molar-refractivity contribution in [2.75, 3.05) is 11.5 Å². The van der Waals surface area contributed by atoms with Crippen molar-refractivity contribution in [2.45, 2.75) is 19.4 Å². The number of nitrogens with zero attached hydrogens (tertiary/aromatic N) is 1. The van der Waals surface area contributed by atoms with Crippen molar-refractivity contribution in [1.82, 2.24) is 15.5 Å². The van der Waals surface area contributed by atoms with Gasteiger partial charge in [0.25, 0.3) is 5.91 Å². The highest BCUT2D eigenvalue weighted by Crippen LogP contribution is 2.28. The number of phenols is 1. The first-order valence-corrected chi connectivity index (χ1v) is 9.03. The van der Waals surface area contributed by atoms with E-state index in [1.807, 2.05) is 6.92 Å². The van der Waals surface area contributed by atoms with Crippen LogP contribution in [0.1, 0.15) is 22.5 Å². The highest BCUT2D eigenvalue weighted by atomic mass is 32.2. The van der Waals surface area contributed by atoms with E-state index < -0.39 is 15.7 Å². The van der Waals surface area contributed by atoms with Crippen molar-refractivity contribution < 1.29 is 18.3 Å². The number of hydrogen-bond acceptors (Lipinski definition) is 5. The molecule has 1 atom stereocenters. The number of aromatic nitrogens is 2. The van der Waals surface area contributed by atoms with Gasteiger partial charge in [-0.3, -0.25) is 9.89 Å². The van der Waals surface area contributed by atoms with Crippen LogP contribution in [0.25, 0.3) is 11.3 Å². The summed E-state index contributed by atoms with van der Waals surface area (Å²) in [5, 5.41) is 19.3. The zero-order valence-corrected chi connectivity index (χ0v) is 13.4. The highest BCUT2D eigenvalue weighted by Gasteiger charge is 2.29. The molecule has 1 aliphatic heterocycles. The Bertz CT molecular complexity index is 857. The summed E-state index contributed by atoms with van der Waals surface area (Å²) in [5.74, 6) is -0.254. The molecule has 0 aliphatic carbocycles. The van der Waals surface area contributed by atoms with Crippen LogP contribution in [0.4, 0.5) is 0 Å².